The van der Waals surface area contributed by atoms with Gasteiger partial charge in [-0.3, -0.25) is 40.7 Å². The van der Waals surface area contributed by atoms with E-state index in [2.05, 4.69) is 14.5 Å². The summed E-state index contributed by atoms with van der Waals surface area (Å²) in [5, 5.41) is 9.68. The number of phosphoric ester groups is 3. The molecule has 6 radical (unpaired) electrons. The van der Waals surface area contributed by atoms with E-state index in [9.17, 15) is 18.8 Å². The summed E-state index contributed by atoms with van der Waals surface area (Å²) in [6, 6.07) is -2.71. The van der Waals surface area contributed by atoms with Crippen LogP contribution in [0, 0.1) is 19.7 Å². The van der Waals surface area contributed by atoms with Crippen molar-refractivity contribution in [1.82, 2.24) is 0 Å². The molecule has 3 heterocycles. The summed E-state index contributed by atoms with van der Waals surface area (Å²) in [6.07, 6.45) is -4.96. The Morgan fingerprint density at radius 1 is 0.593 bits per heavy atom. The minimum atomic E-state index is -4.61. The SMILES string of the molecule is [B][C@H]1C[C@@H](OP(=O)(OCC[N+]#[C-])OC[C@H]2O[C@@H]([B])C[C@H]2OP(=O)(OCC[N+]#[C-])OC[C@H]2O[C@@H]([B])C[C@H]2OP(=O)(OCCCSSCCCOC)OCC[N+]#[C-])[C@@H](CO)O1. The summed E-state index contributed by atoms with van der Waals surface area (Å²) in [4.78, 5) is 9.58. The van der Waals surface area contributed by atoms with E-state index in [-0.39, 0.29) is 65.3 Å². The van der Waals surface area contributed by atoms with Gasteiger partial charge in [0.15, 0.2) is 0 Å². The quantitative estimate of drug-likeness (QED) is 0.0333. The number of aliphatic hydroxyl groups excluding tert-OH is 1. The van der Waals surface area contributed by atoms with E-state index in [1.807, 2.05) is 0 Å². The van der Waals surface area contributed by atoms with E-state index in [1.54, 1.807) is 28.7 Å². The molecule has 0 aromatic heterocycles. The van der Waals surface area contributed by atoms with Crippen LogP contribution >= 0.6 is 45.1 Å². The molecule has 326 valence electrons. The predicted octanol–water partition coefficient (Wildman–Crippen LogP) is 3.97. The maximum atomic E-state index is 14.1. The molecule has 0 amide bonds. The largest absolute Gasteiger partial charge is 0.475 e. The van der Waals surface area contributed by atoms with Crippen LogP contribution in [0.3, 0.4) is 0 Å². The first-order valence-corrected chi connectivity index (χ1v) is 25.5. The summed E-state index contributed by atoms with van der Waals surface area (Å²) in [6.45, 7) is 18.9. The van der Waals surface area contributed by atoms with Crippen LogP contribution in [-0.2, 0) is 73.4 Å². The fourth-order valence-corrected chi connectivity index (χ4v) is 11.7. The van der Waals surface area contributed by atoms with Gasteiger partial charge < -0.3 is 38.6 Å². The van der Waals surface area contributed by atoms with E-state index < -0.39 is 97.9 Å². The first-order chi connectivity index (χ1) is 28.3. The molecule has 0 spiro atoms. The Morgan fingerprint density at radius 2 is 0.949 bits per heavy atom. The minimum absolute atomic E-state index is 0.00798. The van der Waals surface area contributed by atoms with Crippen molar-refractivity contribution >= 4 is 68.6 Å². The molecule has 3 fully saturated rings. The second-order valence-corrected chi connectivity index (χ2v) is 20.3. The highest BCUT2D eigenvalue weighted by molar-refractivity contribution is 8.76. The number of methoxy groups -OCH3 is 1. The molecular formula is C31H49B3N3O17P3S2. The monoisotopic (exact) mass is 925 g/mol. The van der Waals surface area contributed by atoms with E-state index in [0.717, 1.165) is 12.2 Å². The lowest BCUT2D eigenvalue weighted by molar-refractivity contribution is -0.0382. The molecule has 0 aliphatic carbocycles. The van der Waals surface area contributed by atoms with E-state index >= 15 is 0 Å². The van der Waals surface area contributed by atoms with Crippen LogP contribution in [0.2, 0.25) is 0 Å². The predicted molar refractivity (Wildman–Crippen MR) is 218 cm³/mol. The van der Waals surface area contributed by atoms with Crippen molar-refractivity contribution in [2.24, 2.45) is 0 Å². The number of nitrogens with zero attached hydrogens (tertiary/aromatic N) is 3. The van der Waals surface area contributed by atoms with Gasteiger partial charge in [-0.2, -0.15) is 0 Å². The maximum Gasteiger partial charge on any atom is 0.475 e. The topological polar surface area (TPSA) is 205 Å². The number of aliphatic hydroxyl groups is 1. The summed E-state index contributed by atoms with van der Waals surface area (Å²) >= 11 is 0. The summed E-state index contributed by atoms with van der Waals surface area (Å²) in [7, 11) is 9.54. The van der Waals surface area contributed by atoms with Gasteiger partial charge in [0.05, 0.1) is 44.7 Å². The molecule has 28 heteroatoms. The third kappa shape index (κ3) is 19.8. The third-order valence-corrected chi connectivity index (χ3v) is 15.2. The summed E-state index contributed by atoms with van der Waals surface area (Å²) in [5.74, 6) is 1.60. The van der Waals surface area contributed by atoms with Crippen LogP contribution in [0.1, 0.15) is 32.1 Å². The zero-order valence-electron chi connectivity index (χ0n) is 32.6. The van der Waals surface area contributed by atoms with Gasteiger partial charge >= 0.3 is 23.5 Å². The Morgan fingerprint density at radius 3 is 1.34 bits per heavy atom. The minimum Gasteiger partial charge on any atom is -0.394 e. The van der Waals surface area contributed by atoms with Gasteiger partial charge in [0.2, 0.25) is 19.6 Å². The van der Waals surface area contributed by atoms with E-state index in [1.165, 1.54) is 0 Å². The van der Waals surface area contributed by atoms with Crippen LogP contribution in [0.25, 0.3) is 14.5 Å². The van der Waals surface area contributed by atoms with Crippen molar-refractivity contribution in [1.29, 1.82) is 0 Å². The van der Waals surface area contributed by atoms with Crippen molar-refractivity contribution in [2.75, 3.05) is 91.1 Å². The first kappa shape index (κ1) is 52.8. The van der Waals surface area contributed by atoms with Gasteiger partial charge in [-0.25, -0.2) is 33.4 Å². The lowest BCUT2D eigenvalue weighted by atomic mass is 9.96. The van der Waals surface area contributed by atoms with Gasteiger partial charge in [0, 0.05) is 43.2 Å². The Labute approximate surface area is 357 Å². The molecule has 59 heavy (non-hydrogen) atoms. The smallest absolute Gasteiger partial charge is 0.394 e. The zero-order chi connectivity index (χ0) is 43.2. The summed E-state index contributed by atoms with van der Waals surface area (Å²) < 4.78 is 114. The molecule has 0 bridgehead atoms. The van der Waals surface area contributed by atoms with Gasteiger partial charge in [0.1, 0.15) is 61.7 Å². The average molecular weight is 925 g/mol. The Hall–Kier alpha value is -0.505. The van der Waals surface area contributed by atoms with Crippen molar-refractivity contribution in [2.45, 2.75) is 86.7 Å². The van der Waals surface area contributed by atoms with Gasteiger partial charge in [-0.1, -0.05) is 21.6 Å². The first-order valence-electron chi connectivity index (χ1n) is 18.6. The molecule has 0 aromatic carbocycles. The number of hydrogen-bond acceptors (Lipinski definition) is 19. The molecule has 12 atom stereocenters. The van der Waals surface area contributed by atoms with Crippen LogP contribution in [-0.4, -0.2) is 174 Å². The molecule has 1 N–H and O–H groups in total. The second-order valence-electron chi connectivity index (χ2n) is 12.7. The zero-order valence-corrected chi connectivity index (χ0v) is 37.0. The molecule has 3 rings (SSSR count). The highest BCUT2D eigenvalue weighted by Gasteiger charge is 2.47. The van der Waals surface area contributed by atoms with Gasteiger partial charge in [-0.05, 0) is 32.1 Å². The molecule has 3 unspecified atom stereocenters. The number of hydrogen-bond donors (Lipinski definition) is 1. The van der Waals surface area contributed by atoms with Crippen molar-refractivity contribution in [3.63, 3.8) is 0 Å². The molecule has 0 saturated carbocycles. The van der Waals surface area contributed by atoms with E-state index in [4.69, 9.17) is 103 Å². The number of phosphoric acid groups is 3. The highest BCUT2D eigenvalue weighted by atomic mass is 33.1. The van der Waals surface area contributed by atoms with Crippen LogP contribution in [0.15, 0.2) is 0 Å². The molecule has 20 nitrogen and oxygen atoms in total. The lowest BCUT2D eigenvalue weighted by Crippen LogP contribution is -2.32. The third-order valence-electron chi connectivity index (χ3n) is 8.09. The average Bonchev–Trinajstić information content (AvgIpc) is 3.85. The van der Waals surface area contributed by atoms with Crippen molar-refractivity contribution in [3.05, 3.63) is 34.3 Å². The fourth-order valence-electron chi connectivity index (χ4n) is 5.42. The Kier molecular flexibility index (Phi) is 25.4. The molecule has 0 aromatic rings. The fraction of sp³-hybridized carbons (Fsp3) is 0.903. The van der Waals surface area contributed by atoms with Crippen molar-refractivity contribution in [3.8, 4) is 0 Å². The Bertz CT molecular complexity index is 1520. The van der Waals surface area contributed by atoms with Gasteiger partial charge in [-0.15, -0.1) is 0 Å². The van der Waals surface area contributed by atoms with E-state index in [0.29, 0.717) is 18.8 Å². The maximum absolute atomic E-state index is 14.1. The lowest BCUT2D eigenvalue weighted by Gasteiger charge is -2.28. The van der Waals surface area contributed by atoms with Crippen LogP contribution in [0.4, 0.5) is 0 Å². The molecular weight excluding hydrogens is 876 g/mol. The van der Waals surface area contributed by atoms with Crippen molar-refractivity contribution < 1.29 is 78.5 Å². The van der Waals surface area contributed by atoms with Crippen LogP contribution in [0.5, 0.6) is 0 Å². The Balaban J connectivity index is 1.67. The summed E-state index contributed by atoms with van der Waals surface area (Å²) in [5.41, 5.74) is 0. The molecule has 3 aliphatic heterocycles. The molecule has 3 saturated heterocycles. The normalized spacial score (nSPS) is 29.8. The molecule has 3 aliphatic rings. The van der Waals surface area contributed by atoms with Gasteiger partial charge in [0.25, 0.3) is 0 Å². The number of rotatable bonds is 32. The number of ether oxygens (including phenoxy) is 4. The van der Waals surface area contributed by atoms with Crippen LogP contribution < -0.4 is 0 Å². The standard InChI is InChI=1S/C31H49B3N3O17P3S2/c1-35-7-12-44-55(39,43-11-6-16-59-58-15-5-10-42-4)53-24-18-30(33)50-27(24)21-48-57(41,46-14-9-37-3)54-25-19-31(34)51-28(25)22-47-56(40,45-13-8-36-2)52-23-17-29(32)49-26(23)20-38/h23-31,38H,5-22H2,4H3/t23-,24-,25-,26-,27-,28-,29-,30-,31-,55?,56?,57?/m1/s1. The second kappa shape index (κ2) is 28.3. The highest BCUT2D eigenvalue weighted by Crippen LogP contribution is 2.56.